The first kappa shape index (κ1) is 26.0. The van der Waals surface area contributed by atoms with Gasteiger partial charge in [-0.3, -0.25) is 4.79 Å². The Morgan fingerprint density at radius 2 is 1.61 bits per heavy atom. The Hall–Kier alpha value is -3.62. The number of hydrogen-bond donors (Lipinski definition) is 0. The molecule has 0 fully saturated rings. The van der Waals surface area contributed by atoms with Gasteiger partial charge in [0.25, 0.3) is 5.91 Å². The second-order valence-electron chi connectivity index (χ2n) is 8.50. The van der Waals surface area contributed by atoms with E-state index in [-0.39, 0.29) is 5.91 Å². The second kappa shape index (κ2) is 11.8. The quantitative estimate of drug-likeness (QED) is 0.147. The van der Waals surface area contributed by atoms with E-state index in [1.807, 2.05) is 110 Å². The molecule has 1 aliphatic rings. The summed E-state index contributed by atoms with van der Waals surface area (Å²) in [6, 6.07) is 30.6. The lowest BCUT2D eigenvalue weighted by molar-refractivity contribution is -0.114. The van der Waals surface area contributed by atoms with Crippen LogP contribution in [0.2, 0.25) is 5.02 Å². The van der Waals surface area contributed by atoms with Crippen LogP contribution in [0, 0.1) is 3.57 Å². The third kappa shape index (κ3) is 5.76. The molecule has 0 saturated carbocycles. The molecule has 5 rings (SSSR count). The fourth-order valence-corrected chi connectivity index (χ4v) is 4.98. The Kier molecular flexibility index (Phi) is 8.10. The molecule has 0 saturated heterocycles. The normalized spacial score (nSPS) is 14.1. The average molecular weight is 635 g/mol. The predicted octanol–water partition coefficient (Wildman–Crippen LogP) is 7.76. The zero-order valence-corrected chi connectivity index (χ0v) is 23.5. The summed E-state index contributed by atoms with van der Waals surface area (Å²) >= 11 is 8.25. The SMILES string of the molecule is CCOc1cc(/C=C2\C(=O)N(c3ccccc3)N=C2c2ccccc2)cc(I)c1OCc1ccc(Cl)cc1. The highest BCUT2D eigenvalue weighted by Crippen LogP contribution is 2.36. The number of ether oxygens (including phenoxy) is 2. The van der Waals surface area contributed by atoms with Crippen molar-refractivity contribution in [1.29, 1.82) is 0 Å². The van der Waals surface area contributed by atoms with Crippen molar-refractivity contribution >= 4 is 57.6 Å². The first-order valence-corrected chi connectivity index (χ1v) is 13.6. The number of para-hydroxylation sites is 1. The van der Waals surface area contributed by atoms with Crippen molar-refractivity contribution in [2.75, 3.05) is 11.6 Å². The van der Waals surface area contributed by atoms with Gasteiger partial charge in [-0.1, -0.05) is 72.3 Å². The topological polar surface area (TPSA) is 51.1 Å². The minimum absolute atomic E-state index is 0.189. The van der Waals surface area contributed by atoms with E-state index in [9.17, 15) is 4.79 Å². The molecule has 0 aliphatic carbocycles. The van der Waals surface area contributed by atoms with Gasteiger partial charge in [0.15, 0.2) is 11.5 Å². The van der Waals surface area contributed by atoms with E-state index < -0.39 is 0 Å². The van der Waals surface area contributed by atoms with Crippen molar-refractivity contribution in [3.05, 3.63) is 128 Å². The second-order valence-corrected chi connectivity index (χ2v) is 10.1. The number of hydrazone groups is 1. The van der Waals surface area contributed by atoms with Gasteiger partial charge in [-0.25, -0.2) is 0 Å². The lowest BCUT2D eigenvalue weighted by Crippen LogP contribution is -2.21. The van der Waals surface area contributed by atoms with Crippen LogP contribution >= 0.6 is 34.2 Å². The van der Waals surface area contributed by atoms with Gasteiger partial charge in [-0.05, 0) is 83.1 Å². The van der Waals surface area contributed by atoms with Crippen molar-refractivity contribution in [3.8, 4) is 11.5 Å². The van der Waals surface area contributed by atoms with E-state index in [1.54, 1.807) is 0 Å². The third-order valence-electron chi connectivity index (χ3n) is 5.87. The summed E-state index contributed by atoms with van der Waals surface area (Å²) in [7, 11) is 0. The molecule has 38 heavy (non-hydrogen) atoms. The summed E-state index contributed by atoms with van der Waals surface area (Å²) in [5.41, 5.74) is 4.53. The van der Waals surface area contributed by atoms with Crippen LogP contribution in [-0.4, -0.2) is 18.2 Å². The Labute approximate surface area is 240 Å². The summed E-state index contributed by atoms with van der Waals surface area (Å²) in [6.45, 7) is 2.78. The first-order chi connectivity index (χ1) is 18.5. The van der Waals surface area contributed by atoms with Gasteiger partial charge in [0.2, 0.25) is 0 Å². The van der Waals surface area contributed by atoms with E-state index in [4.69, 9.17) is 26.2 Å². The summed E-state index contributed by atoms with van der Waals surface area (Å²) < 4.78 is 13.0. The van der Waals surface area contributed by atoms with Crippen LogP contribution in [0.4, 0.5) is 5.69 Å². The van der Waals surface area contributed by atoms with E-state index in [2.05, 4.69) is 22.6 Å². The smallest absolute Gasteiger partial charge is 0.281 e. The summed E-state index contributed by atoms with van der Waals surface area (Å²) in [4.78, 5) is 13.6. The lowest BCUT2D eigenvalue weighted by atomic mass is 10.00. The monoisotopic (exact) mass is 634 g/mol. The van der Waals surface area contributed by atoms with Gasteiger partial charge >= 0.3 is 0 Å². The number of hydrogen-bond acceptors (Lipinski definition) is 4. The molecule has 190 valence electrons. The maximum Gasteiger partial charge on any atom is 0.281 e. The molecule has 1 amide bonds. The molecular weight excluding hydrogens is 611 g/mol. The van der Waals surface area contributed by atoms with Crippen LogP contribution in [0.1, 0.15) is 23.6 Å². The Balaban J connectivity index is 1.51. The van der Waals surface area contributed by atoms with Crippen LogP contribution < -0.4 is 14.5 Å². The molecule has 0 N–H and O–H groups in total. The molecule has 1 heterocycles. The largest absolute Gasteiger partial charge is 0.490 e. The van der Waals surface area contributed by atoms with Crippen LogP contribution in [0.25, 0.3) is 6.08 Å². The molecular formula is C31H24ClIN2O3. The van der Waals surface area contributed by atoms with E-state index in [0.29, 0.717) is 46.7 Å². The zero-order chi connectivity index (χ0) is 26.5. The van der Waals surface area contributed by atoms with Crippen LogP contribution in [0.15, 0.2) is 108 Å². The van der Waals surface area contributed by atoms with Crippen molar-refractivity contribution in [3.63, 3.8) is 0 Å². The van der Waals surface area contributed by atoms with Gasteiger partial charge in [0, 0.05) is 10.6 Å². The molecule has 4 aromatic rings. The minimum Gasteiger partial charge on any atom is -0.490 e. The lowest BCUT2D eigenvalue weighted by Gasteiger charge is -2.15. The molecule has 0 aromatic heterocycles. The van der Waals surface area contributed by atoms with Crippen molar-refractivity contribution in [1.82, 2.24) is 0 Å². The summed E-state index contributed by atoms with van der Waals surface area (Å²) in [5, 5.41) is 6.85. The highest BCUT2D eigenvalue weighted by Gasteiger charge is 2.32. The number of amides is 1. The molecule has 0 bridgehead atoms. The Morgan fingerprint density at radius 1 is 0.921 bits per heavy atom. The molecule has 4 aromatic carbocycles. The molecule has 0 spiro atoms. The fraction of sp³-hybridized carbons (Fsp3) is 0.0968. The highest BCUT2D eigenvalue weighted by molar-refractivity contribution is 14.1. The van der Waals surface area contributed by atoms with Crippen molar-refractivity contribution < 1.29 is 14.3 Å². The number of carbonyl (C=O) groups excluding carboxylic acids is 1. The zero-order valence-electron chi connectivity index (χ0n) is 20.6. The molecule has 1 aliphatic heterocycles. The van der Waals surface area contributed by atoms with Gasteiger partial charge < -0.3 is 9.47 Å². The third-order valence-corrected chi connectivity index (χ3v) is 6.92. The van der Waals surface area contributed by atoms with E-state index in [1.165, 1.54) is 5.01 Å². The Bertz CT molecular complexity index is 1500. The average Bonchev–Trinajstić information content (AvgIpc) is 3.26. The number of nitrogens with zero attached hydrogens (tertiary/aromatic N) is 2. The van der Waals surface area contributed by atoms with Crippen molar-refractivity contribution in [2.24, 2.45) is 5.10 Å². The number of halogens is 2. The van der Waals surface area contributed by atoms with Gasteiger partial charge in [-0.15, -0.1) is 0 Å². The maximum atomic E-state index is 13.6. The number of rotatable bonds is 8. The van der Waals surface area contributed by atoms with Gasteiger partial charge in [0.1, 0.15) is 12.3 Å². The number of anilines is 1. The molecule has 0 radical (unpaired) electrons. The van der Waals surface area contributed by atoms with E-state index >= 15 is 0 Å². The number of benzene rings is 4. The predicted molar refractivity (Wildman–Crippen MR) is 161 cm³/mol. The molecule has 0 atom stereocenters. The van der Waals surface area contributed by atoms with E-state index in [0.717, 1.165) is 20.3 Å². The van der Waals surface area contributed by atoms with Crippen LogP contribution in [0.3, 0.4) is 0 Å². The van der Waals surface area contributed by atoms with Crippen molar-refractivity contribution in [2.45, 2.75) is 13.5 Å². The Morgan fingerprint density at radius 3 is 2.29 bits per heavy atom. The van der Waals surface area contributed by atoms with Crippen LogP contribution in [0.5, 0.6) is 11.5 Å². The van der Waals surface area contributed by atoms with Gasteiger partial charge in [-0.2, -0.15) is 10.1 Å². The van der Waals surface area contributed by atoms with Crippen LogP contribution in [-0.2, 0) is 11.4 Å². The van der Waals surface area contributed by atoms with Gasteiger partial charge in [0.05, 0.1) is 21.4 Å². The molecule has 7 heteroatoms. The number of carbonyl (C=O) groups is 1. The fourth-order valence-electron chi connectivity index (χ4n) is 4.08. The first-order valence-electron chi connectivity index (χ1n) is 12.1. The summed E-state index contributed by atoms with van der Waals surface area (Å²) in [5.74, 6) is 1.08. The standard InChI is InChI=1S/C31H24ClIN2O3/c1-2-37-28-19-22(18-27(33)30(28)38-20-21-13-15-24(32)16-14-21)17-26-29(23-9-5-3-6-10-23)34-35(31(26)36)25-11-7-4-8-12-25/h3-19H,2,20H2,1H3/b26-17-. The minimum atomic E-state index is -0.189. The molecule has 5 nitrogen and oxygen atoms in total. The summed E-state index contributed by atoms with van der Waals surface area (Å²) in [6.07, 6.45) is 1.87. The maximum absolute atomic E-state index is 13.6. The highest BCUT2D eigenvalue weighted by atomic mass is 127. The molecule has 0 unspecified atom stereocenters.